The Labute approximate surface area is 111 Å². The SMILES string of the molecule is O=C([O-])Cc1ncccc1F.[K+]. The number of rotatable bonds is 2. The second-order valence-corrected chi connectivity index (χ2v) is 1.98. The predicted octanol–water partition coefficient (Wildman–Crippen LogP) is -3.48. The van der Waals surface area contributed by atoms with E-state index in [1.54, 1.807) is 0 Å². The van der Waals surface area contributed by atoms with Crippen molar-refractivity contribution in [1.82, 2.24) is 4.98 Å². The third kappa shape index (κ3) is 3.73. The summed E-state index contributed by atoms with van der Waals surface area (Å²) in [5.74, 6) is -1.95. The molecule has 0 N–H and O–H groups in total. The Kier molecular flexibility index (Phi) is 5.86. The predicted molar refractivity (Wildman–Crippen MR) is 32.9 cm³/mol. The van der Waals surface area contributed by atoms with E-state index in [4.69, 9.17) is 0 Å². The van der Waals surface area contributed by atoms with Crippen LogP contribution in [0.5, 0.6) is 0 Å². The number of pyridine rings is 1. The number of aliphatic carboxylic acids is 1. The van der Waals surface area contributed by atoms with Crippen LogP contribution in [-0.2, 0) is 11.2 Å². The maximum absolute atomic E-state index is 12.6. The molecule has 0 aliphatic carbocycles. The molecule has 58 valence electrons. The summed E-state index contributed by atoms with van der Waals surface area (Å²) in [7, 11) is 0. The van der Waals surface area contributed by atoms with Gasteiger partial charge in [-0.3, -0.25) is 4.98 Å². The smallest absolute Gasteiger partial charge is 0.550 e. The molecule has 3 nitrogen and oxygen atoms in total. The van der Waals surface area contributed by atoms with Crippen molar-refractivity contribution >= 4 is 5.97 Å². The number of carboxylic acid groups (broad SMARTS) is 1. The van der Waals surface area contributed by atoms with Gasteiger partial charge in [0.1, 0.15) is 5.82 Å². The molecule has 0 aliphatic rings. The summed E-state index contributed by atoms with van der Waals surface area (Å²) in [6.07, 6.45) is 0.855. The molecule has 0 aromatic carbocycles. The molecule has 1 rings (SSSR count). The Morgan fingerprint density at radius 3 is 2.83 bits per heavy atom. The number of halogens is 1. The van der Waals surface area contributed by atoms with Gasteiger partial charge in [-0.05, 0) is 12.1 Å². The van der Waals surface area contributed by atoms with Gasteiger partial charge in [0.2, 0.25) is 0 Å². The van der Waals surface area contributed by atoms with Crippen LogP contribution in [0.1, 0.15) is 5.69 Å². The van der Waals surface area contributed by atoms with Gasteiger partial charge in [-0.1, -0.05) is 0 Å². The number of nitrogens with zero attached hydrogens (tertiary/aromatic N) is 1. The summed E-state index contributed by atoms with van der Waals surface area (Å²) >= 11 is 0. The first-order valence-electron chi connectivity index (χ1n) is 2.99. The van der Waals surface area contributed by atoms with Crippen molar-refractivity contribution in [1.29, 1.82) is 0 Å². The molecule has 1 aromatic rings. The first kappa shape index (κ1) is 12.2. The van der Waals surface area contributed by atoms with Crippen molar-refractivity contribution in [3.8, 4) is 0 Å². The summed E-state index contributed by atoms with van der Waals surface area (Å²) in [4.78, 5) is 13.5. The quantitative estimate of drug-likeness (QED) is 0.458. The van der Waals surface area contributed by atoms with Crippen molar-refractivity contribution < 1.29 is 65.7 Å². The van der Waals surface area contributed by atoms with Crippen LogP contribution in [-0.4, -0.2) is 11.0 Å². The topological polar surface area (TPSA) is 53.0 Å². The van der Waals surface area contributed by atoms with Crippen molar-refractivity contribution in [3.63, 3.8) is 0 Å². The van der Waals surface area contributed by atoms with Crippen LogP contribution < -0.4 is 56.5 Å². The third-order valence-corrected chi connectivity index (χ3v) is 1.15. The standard InChI is InChI=1S/C7H6FNO2.K/c8-5-2-1-3-9-6(5)4-7(10)11;/h1-3H,4H2,(H,10,11);/q;+1/p-1. The van der Waals surface area contributed by atoms with E-state index in [1.165, 1.54) is 12.3 Å². The van der Waals surface area contributed by atoms with E-state index in [9.17, 15) is 14.3 Å². The van der Waals surface area contributed by atoms with Crippen LogP contribution in [0.3, 0.4) is 0 Å². The molecule has 0 amide bonds. The second-order valence-electron chi connectivity index (χ2n) is 1.98. The second kappa shape index (κ2) is 5.77. The maximum Gasteiger partial charge on any atom is 1.00 e. The molecule has 0 radical (unpaired) electrons. The van der Waals surface area contributed by atoms with E-state index in [1.807, 2.05) is 0 Å². The Morgan fingerprint density at radius 1 is 1.67 bits per heavy atom. The van der Waals surface area contributed by atoms with E-state index in [2.05, 4.69) is 4.98 Å². The van der Waals surface area contributed by atoms with Crippen molar-refractivity contribution in [2.45, 2.75) is 6.42 Å². The molecule has 1 heterocycles. The van der Waals surface area contributed by atoms with Gasteiger partial charge in [-0.25, -0.2) is 4.39 Å². The molecular formula is C7H5FKNO2. The van der Waals surface area contributed by atoms with Gasteiger partial charge in [-0.15, -0.1) is 0 Å². The number of aromatic nitrogens is 1. The van der Waals surface area contributed by atoms with Crippen molar-refractivity contribution in [2.24, 2.45) is 0 Å². The van der Waals surface area contributed by atoms with Crippen LogP contribution in [0.25, 0.3) is 0 Å². The summed E-state index contributed by atoms with van der Waals surface area (Å²) in [5, 5.41) is 10.0. The zero-order chi connectivity index (χ0) is 8.27. The summed E-state index contributed by atoms with van der Waals surface area (Å²) in [5.41, 5.74) is -0.0903. The molecule has 0 unspecified atom stereocenters. The van der Waals surface area contributed by atoms with Gasteiger partial charge < -0.3 is 9.90 Å². The van der Waals surface area contributed by atoms with Gasteiger partial charge in [0.15, 0.2) is 0 Å². The summed E-state index contributed by atoms with van der Waals surface area (Å²) in [6.45, 7) is 0. The van der Waals surface area contributed by atoms with Gasteiger partial charge in [0, 0.05) is 18.6 Å². The van der Waals surface area contributed by atoms with E-state index in [0.29, 0.717) is 0 Å². The van der Waals surface area contributed by atoms with Gasteiger partial charge >= 0.3 is 51.4 Å². The van der Waals surface area contributed by atoms with E-state index >= 15 is 0 Å². The molecule has 0 atom stereocenters. The number of carbonyl (C=O) groups excluding carboxylic acids is 1. The molecule has 1 aromatic heterocycles. The number of carbonyl (C=O) groups is 1. The minimum atomic E-state index is -1.33. The number of hydrogen-bond acceptors (Lipinski definition) is 3. The Morgan fingerprint density at radius 2 is 2.33 bits per heavy atom. The van der Waals surface area contributed by atoms with Gasteiger partial charge in [0.25, 0.3) is 0 Å². The molecule has 5 heteroatoms. The molecule has 0 spiro atoms. The van der Waals surface area contributed by atoms with E-state index in [-0.39, 0.29) is 57.1 Å². The molecule has 0 aliphatic heterocycles. The first-order valence-corrected chi connectivity index (χ1v) is 2.99. The first-order chi connectivity index (χ1) is 5.20. The molecule has 0 saturated heterocycles. The van der Waals surface area contributed by atoms with E-state index in [0.717, 1.165) is 6.07 Å². The van der Waals surface area contributed by atoms with Crippen LogP contribution >= 0.6 is 0 Å². The fraction of sp³-hybridized carbons (Fsp3) is 0.143. The third-order valence-electron chi connectivity index (χ3n) is 1.15. The maximum atomic E-state index is 12.6. The van der Waals surface area contributed by atoms with Crippen LogP contribution in [0.4, 0.5) is 4.39 Å². The average Bonchev–Trinajstić information content (AvgIpc) is 1.93. The Hall–Kier alpha value is 0.186. The zero-order valence-electron chi connectivity index (χ0n) is 6.58. The zero-order valence-corrected chi connectivity index (χ0v) is 9.70. The summed E-state index contributed by atoms with van der Waals surface area (Å²) in [6, 6.07) is 2.55. The number of carboxylic acids is 1. The normalized spacial score (nSPS) is 8.75. The average molecular weight is 193 g/mol. The van der Waals surface area contributed by atoms with Crippen LogP contribution in [0.2, 0.25) is 0 Å². The molecule has 12 heavy (non-hydrogen) atoms. The molecule has 0 saturated carbocycles. The number of hydrogen-bond donors (Lipinski definition) is 0. The van der Waals surface area contributed by atoms with Crippen molar-refractivity contribution in [3.05, 3.63) is 29.8 Å². The fourth-order valence-corrected chi connectivity index (χ4v) is 0.685. The van der Waals surface area contributed by atoms with Crippen molar-refractivity contribution in [2.75, 3.05) is 0 Å². The largest absolute Gasteiger partial charge is 1.00 e. The summed E-state index contributed by atoms with van der Waals surface area (Å²) < 4.78 is 12.6. The monoisotopic (exact) mass is 193 g/mol. The Balaban J connectivity index is 0.00000121. The molecule has 0 bridgehead atoms. The Bertz CT molecular complexity index is 280. The minimum absolute atomic E-state index is 0. The molecular weight excluding hydrogens is 188 g/mol. The van der Waals surface area contributed by atoms with E-state index < -0.39 is 18.2 Å². The fourth-order valence-electron chi connectivity index (χ4n) is 0.685. The van der Waals surface area contributed by atoms with Crippen LogP contribution in [0, 0.1) is 5.82 Å². The minimum Gasteiger partial charge on any atom is -0.550 e. The molecule has 0 fully saturated rings. The van der Waals surface area contributed by atoms with Crippen LogP contribution in [0.15, 0.2) is 18.3 Å². The van der Waals surface area contributed by atoms with Gasteiger partial charge in [0.05, 0.1) is 5.69 Å². The van der Waals surface area contributed by atoms with Gasteiger partial charge in [-0.2, -0.15) is 0 Å².